The Morgan fingerprint density at radius 2 is 1.57 bits per heavy atom. The van der Waals surface area contributed by atoms with Crippen LogP contribution in [0, 0.1) is 0 Å². The minimum absolute atomic E-state index is 0.615. The van der Waals surface area contributed by atoms with E-state index in [1.54, 1.807) is 0 Å². The van der Waals surface area contributed by atoms with Crippen molar-refractivity contribution in [3.63, 3.8) is 0 Å². The molecule has 0 bridgehead atoms. The van der Waals surface area contributed by atoms with Crippen molar-refractivity contribution >= 4 is 16.5 Å². The van der Waals surface area contributed by atoms with E-state index in [0.717, 1.165) is 24.0 Å². The van der Waals surface area contributed by atoms with Crippen LogP contribution in [0.2, 0.25) is 0 Å². The topological polar surface area (TPSA) is 46.2 Å². The molecular formula is C19H17NO. The molecule has 3 aromatic rings. The van der Waals surface area contributed by atoms with E-state index in [1.165, 1.54) is 21.9 Å². The highest BCUT2D eigenvalue weighted by molar-refractivity contribution is 5.93. The molecule has 0 heterocycles. The molecule has 3 aromatic carbocycles. The predicted molar refractivity (Wildman–Crippen MR) is 86.3 cm³/mol. The number of nitrogen functional groups attached to an aromatic ring is 1. The van der Waals surface area contributed by atoms with Gasteiger partial charge in [0.1, 0.15) is 6.10 Å². The zero-order chi connectivity index (χ0) is 14.4. The fourth-order valence-electron chi connectivity index (χ4n) is 3.37. The maximum atomic E-state index is 10.7. The molecule has 0 spiro atoms. The van der Waals surface area contributed by atoms with Crippen LogP contribution in [0.25, 0.3) is 10.8 Å². The number of anilines is 1. The van der Waals surface area contributed by atoms with Crippen molar-refractivity contribution in [2.45, 2.75) is 18.9 Å². The van der Waals surface area contributed by atoms with Crippen molar-refractivity contribution < 1.29 is 5.11 Å². The fraction of sp³-hybridized carbons (Fsp3) is 0.158. The number of benzene rings is 3. The van der Waals surface area contributed by atoms with Gasteiger partial charge in [-0.05, 0) is 58.0 Å². The molecule has 1 aliphatic rings. The average Bonchev–Trinajstić information content (AvgIpc) is 2.93. The molecule has 1 atom stereocenters. The molecule has 4 rings (SSSR count). The minimum atomic E-state index is -0.615. The van der Waals surface area contributed by atoms with Crippen molar-refractivity contribution in [1.29, 1.82) is 0 Å². The Bertz CT molecular complexity index is 811. The molecule has 1 aliphatic carbocycles. The first-order valence-corrected chi connectivity index (χ1v) is 7.31. The molecule has 0 saturated carbocycles. The number of aliphatic hydroxyl groups is 1. The summed E-state index contributed by atoms with van der Waals surface area (Å²) in [6.45, 7) is 0. The van der Waals surface area contributed by atoms with Gasteiger partial charge in [-0.3, -0.25) is 0 Å². The van der Waals surface area contributed by atoms with Gasteiger partial charge >= 0.3 is 0 Å². The molecule has 2 heteroatoms. The molecule has 0 aliphatic heterocycles. The highest BCUT2D eigenvalue weighted by Crippen LogP contribution is 2.36. The summed E-state index contributed by atoms with van der Waals surface area (Å²) < 4.78 is 0. The number of aryl methyl sites for hydroxylation is 2. The number of nitrogens with two attached hydrogens (primary N) is 1. The van der Waals surface area contributed by atoms with Crippen LogP contribution >= 0.6 is 0 Å². The molecule has 104 valence electrons. The molecule has 0 radical (unpaired) electrons. The molecule has 0 amide bonds. The Labute approximate surface area is 123 Å². The highest BCUT2D eigenvalue weighted by Gasteiger charge is 2.19. The fourth-order valence-corrected chi connectivity index (χ4v) is 3.37. The summed E-state index contributed by atoms with van der Waals surface area (Å²) in [6.07, 6.45) is 1.60. The molecule has 0 saturated heterocycles. The Kier molecular flexibility index (Phi) is 2.72. The number of aliphatic hydroxyl groups excluding tert-OH is 1. The van der Waals surface area contributed by atoms with Crippen LogP contribution in [0.4, 0.5) is 5.69 Å². The van der Waals surface area contributed by atoms with Crippen LogP contribution in [0.3, 0.4) is 0 Å². The number of rotatable bonds is 2. The summed E-state index contributed by atoms with van der Waals surface area (Å²) in [5.41, 5.74) is 11.1. The lowest BCUT2D eigenvalue weighted by molar-refractivity contribution is 0.222. The Balaban J connectivity index is 1.89. The monoisotopic (exact) mass is 275 g/mol. The summed E-state index contributed by atoms with van der Waals surface area (Å²) in [7, 11) is 0. The van der Waals surface area contributed by atoms with Gasteiger partial charge in [-0.15, -0.1) is 0 Å². The second-order valence-electron chi connectivity index (χ2n) is 5.72. The third kappa shape index (κ3) is 1.91. The van der Waals surface area contributed by atoms with E-state index in [-0.39, 0.29) is 0 Å². The lowest BCUT2D eigenvalue weighted by Gasteiger charge is -2.15. The zero-order valence-electron chi connectivity index (χ0n) is 11.7. The van der Waals surface area contributed by atoms with Crippen molar-refractivity contribution in [2.24, 2.45) is 0 Å². The molecule has 0 fully saturated rings. The number of hydrogen-bond acceptors (Lipinski definition) is 2. The van der Waals surface area contributed by atoms with E-state index in [4.69, 9.17) is 5.73 Å². The summed E-state index contributed by atoms with van der Waals surface area (Å²) in [6, 6.07) is 18.1. The Morgan fingerprint density at radius 1 is 0.857 bits per heavy atom. The minimum Gasteiger partial charge on any atom is -0.399 e. The summed E-state index contributed by atoms with van der Waals surface area (Å²) >= 11 is 0. The SMILES string of the molecule is Nc1ccc([C@H](O)c2ccc3c4c(cccc24)CC3)cc1. The molecular weight excluding hydrogens is 258 g/mol. The van der Waals surface area contributed by atoms with Crippen molar-refractivity contribution in [1.82, 2.24) is 0 Å². The van der Waals surface area contributed by atoms with E-state index in [1.807, 2.05) is 24.3 Å². The smallest absolute Gasteiger partial charge is 0.105 e. The van der Waals surface area contributed by atoms with Gasteiger partial charge in [0.25, 0.3) is 0 Å². The van der Waals surface area contributed by atoms with Crippen molar-refractivity contribution in [3.8, 4) is 0 Å². The molecule has 0 unspecified atom stereocenters. The summed E-state index contributed by atoms with van der Waals surface area (Å²) in [5, 5.41) is 13.3. The van der Waals surface area contributed by atoms with Crippen LogP contribution in [0.15, 0.2) is 54.6 Å². The molecule has 21 heavy (non-hydrogen) atoms. The van der Waals surface area contributed by atoms with E-state index in [0.29, 0.717) is 5.69 Å². The molecule has 2 nitrogen and oxygen atoms in total. The quantitative estimate of drug-likeness (QED) is 0.702. The maximum absolute atomic E-state index is 10.7. The lowest BCUT2D eigenvalue weighted by Crippen LogP contribution is -2.01. The highest BCUT2D eigenvalue weighted by atomic mass is 16.3. The van der Waals surface area contributed by atoms with Gasteiger partial charge in [0.05, 0.1) is 0 Å². The van der Waals surface area contributed by atoms with E-state index >= 15 is 0 Å². The molecule has 3 N–H and O–H groups in total. The van der Waals surface area contributed by atoms with E-state index in [9.17, 15) is 5.11 Å². The van der Waals surface area contributed by atoms with Crippen LogP contribution in [0.1, 0.15) is 28.4 Å². The van der Waals surface area contributed by atoms with Gasteiger partial charge in [-0.1, -0.05) is 42.5 Å². The third-order valence-corrected chi connectivity index (χ3v) is 4.46. The van der Waals surface area contributed by atoms with Crippen molar-refractivity contribution in [3.05, 3.63) is 76.9 Å². The Morgan fingerprint density at radius 3 is 2.33 bits per heavy atom. The lowest BCUT2D eigenvalue weighted by atomic mass is 9.93. The van der Waals surface area contributed by atoms with Crippen LogP contribution < -0.4 is 5.73 Å². The van der Waals surface area contributed by atoms with Gasteiger partial charge in [-0.25, -0.2) is 0 Å². The maximum Gasteiger partial charge on any atom is 0.105 e. The van der Waals surface area contributed by atoms with Crippen LogP contribution in [-0.2, 0) is 12.8 Å². The predicted octanol–water partition coefficient (Wildman–Crippen LogP) is 3.60. The first kappa shape index (κ1) is 12.4. The Hall–Kier alpha value is -2.32. The average molecular weight is 275 g/mol. The first-order chi connectivity index (χ1) is 10.2. The second kappa shape index (κ2) is 4.61. The van der Waals surface area contributed by atoms with Crippen LogP contribution in [0.5, 0.6) is 0 Å². The van der Waals surface area contributed by atoms with Gasteiger partial charge in [0.2, 0.25) is 0 Å². The largest absolute Gasteiger partial charge is 0.399 e. The first-order valence-electron chi connectivity index (χ1n) is 7.31. The van der Waals surface area contributed by atoms with E-state index < -0.39 is 6.10 Å². The van der Waals surface area contributed by atoms with E-state index in [2.05, 4.69) is 30.3 Å². The summed E-state index contributed by atoms with van der Waals surface area (Å²) in [4.78, 5) is 0. The van der Waals surface area contributed by atoms with Gasteiger partial charge < -0.3 is 10.8 Å². The number of hydrogen-bond donors (Lipinski definition) is 2. The zero-order valence-corrected chi connectivity index (χ0v) is 11.7. The van der Waals surface area contributed by atoms with Crippen molar-refractivity contribution in [2.75, 3.05) is 5.73 Å². The normalized spacial score (nSPS) is 14.5. The van der Waals surface area contributed by atoms with Gasteiger partial charge in [-0.2, -0.15) is 0 Å². The summed E-state index contributed by atoms with van der Waals surface area (Å²) in [5.74, 6) is 0. The van der Waals surface area contributed by atoms with Crippen LogP contribution in [-0.4, -0.2) is 5.11 Å². The second-order valence-corrected chi connectivity index (χ2v) is 5.72. The van der Waals surface area contributed by atoms with Gasteiger partial charge in [0.15, 0.2) is 0 Å². The standard InChI is InChI=1S/C19H17NO/c20-15-9-6-14(7-10-15)19(21)17-11-8-13-5-4-12-2-1-3-16(17)18(12)13/h1-3,6-11,19,21H,4-5,20H2/t19-/m0/s1. The third-order valence-electron chi connectivity index (χ3n) is 4.46. The van der Waals surface area contributed by atoms with Gasteiger partial charge in [0, 0.05) is 5.69 Å². The molecule has 0 aromatic heterocycles.